The van der Waals surface area contributed by atoms with Crippen molar-refractivity contribution in [1.82, 2.24) is 19.7 Å². The fraction of sp³-hybridized carbons (Fsp3) is 0.429. The number of rotatable bonds is 6. The molecule has 1 amide bonds. The van der Waals surface area contributed by atoms with Crippen LogP contribution >= 0.6 is 0 Å². The Kier molecular flexibility index (Phi) is 5.16. The molecule has 0 aliphatic rings. The van der Waals surface area contributed by atoms with Gasteiger partial charge in [0.15, 0.2) is 0 Å². The maximum atomic E-state index is 12.3. The third-order valence-corrected chi connectivity index (χ3v) is 5.30. The molecular weight excluding hydrogens is 324 g/mol. The lowest BCUT2D eigenvalue weighted by Gasteiger charge is -2.15. The number of fused-ring (bicyclic) bond motifs is 1. The number of amides is 1. The van der Waals surface area contributed by atoms with E-state index >= 15 is 0 Å². The van der Waals surface area contributed by atoms with E-state index in [-0.39, 0.29) is 11.9 Å². The van der Waals surface area contributed by atoms with Crippen molar-refractivity contribution in [2.24, 2.45) is 7.05 Å². The fourth-order valence-electron chi connectivity index (χ4n) is 3.48. The Bertz CT molecular complexity index is 935. The molecule has 0 saturated heterocycles. The van der Waals surface area contributed by atoms with Crippen LogP contribution < -0.4 is 5.32 Å². The van der Waals surface area contributed by atoms with Crippen LogP contribution in [0.2, 0.25) is 0 Å². The average molecular weight is 352 g/mol. The number of para-hydroxylation sites is 1. The minimum atomic E-state index is 0.0861. The number of carbonyl (C=O) groups is 1. The van der Waals surface area contributed by atoms with Crippen molar-refractivity contribution in [3.63, 3.8) is 0 Å². The van der Waals surface area contributed by atoms with Crippen LogP contribution in [-0.2, 0) is 18.3 Å². The molecule has 1 N–H and O–H groups in total. The van der Waals surface area contributed by atoms with Gasteiger partial charge in [0, 0.05) is 42.8 Å². The summed E-state index contributed by atoms with van der Waals surface area (Å²) in [5.41, 5.74) is 5.87. The number of nitrogens with one attached hydrogen (secondary N) is 1. The Hall–Kier alpha value is -2.56. The van der Waals surface area contributed by atoms with Gasteiger partial charge in [-0.25, -0.2) is 0 Å². The minimum Gasteiger partial charge on any atom is -0.354 e. The van der Waals surface area contributed by atoms with E-state index in [4.69, 9.17) is 0 Å². The summed E-state index contributed by atoms with van der Waals surface area (Å²) in [6, 6.07) is 8.46. The number of benzene rings is 1. The maximum Gasteiger partial charge on any atom is 0.220 e. The van der Waals surface area contributed by atoms with Crippen LogP contribution in [-0.4, -0.2) is 26.8 Å². The van der Waals surface area contributed by atoms with Crippen molar-refractivity contribution >= 4 is 16.8 Å². The van der Waals surface area contributed by atoms with E-state index < -0.39 is 0 Å². The molecule has 2 heterocycles. The number of nitrogens with zero attached hydrogens (tertiary/aromatic N) is 3. The second kappa shape index (κ2) is 7.36. The summed E-state index contributed by atoms with van der Waals surface area (Å²) in [6.07, 6.45) is 3.37. The third kappa shape index (κ3) is 3.52. The number of aromatic nitrogens is 3. The monoisotopic (exact) mass is 352 g/mol. The highest BCUT2D eigenvalue weighted by Crippen LogP contribution is 2.21. The molecule has 0 aliphatic heterocycles. The number of hydrogen-bond acceptors (Lipinski definition) is 2. The molecule has 0 spiro atoms. The SMILES string of the molecule is Cc1nn([C@H](C)CNC(=O)CCc2cn(C)c3ccccc23)c(C)c1C. The third-order valence-electron chi connectivity index (χ3n) is 5.30. The summed E-state index contributed by atoms with van der Waals surface area (Å²) in [4.78, 5) is 12.3. The summed E-state index contributed by atoms with van der Waals surface area (Å²) < 4.78 is 4.13. The summed E-state index contributed by atoms with van der Waals surface area (Å²) in [6.45, 7) is 8.87. The molecule has 0 bridgehead atoms. The van der Waals surface area contributed by atoms with Crippen LogP contribution in [0, 0.1) is 20.8 Å². The second-order valence-electron chi connectivity index (χ2n) is 7.18. The molecule has 5 heteroatoms. The highest BCUT2D eigenvalue weighted by Gasteiger charge is 2.14. The minimum absolute atomic E-state index is 0.0861. The lowest BCUT2D eigenvalue weighted by molar-refractivity contribution is -0.121. The molecule has 0 saturated carbocycles. The van der Waals surface area contributed by atoms with E-state index in [0.717, 1.165) is 12.1 Å². The van der Waals surface area contributed by atoms with Crippen LogP contribution in [0.1, 0.15) is 41.9 Å². The molecule has 0 unspecified atom stereocenters. The van der Waals surface area contributed by atoms with Crippen molar-refractivity contribution in [1.29, 1.82) is 0 Å². The van der Waals surface area contributed by atoms with Gasteiger partial charge in [0.2, 0.25) is 5.91 Å². The van der Waals surface area contributed by atoms with Crippen molar-refractivity contribution in [2.45, 2.75) is 46.6 Å². The van der Waals surface area contributed by atoms with Gasteiger partial charge in [0.05, 0.1) is 11.7 Å². The summed E-state index contributed by atoms with van der Waals surface area (Å²) >= 11 is 0. The van der Waals surface area contributed by atoms with Gasteiger partial charge in [-0.15, -0.1) is 0 Å². The van der Waals surface area contributed by atoms with Crippen LogP contribution in [0.25, 0.3) is 10.9 Å². The van der Waals surface area contributed by atoms with Gasteiger partial charge >= 0.3 is 0 Å². The molecule has 3 aromatic rings. The quantitative estimate of drug-likeness (QED) is 0.737. The van der Waals surface area contributed by atoms with Gasteiger partial charge < -0.3 is 9.88 Å². The number of hydrogen-bond donors (Lipinski definition) is 1. The normalized spacial score (nSPS) is 12.5. The molecule has 1 aromatic carbocycles. The van der Waals surface area contributed by atoms with Crippen LogP contribution in [0.4, 0.5) is 0 Å². The summed E-state index contributed by atoms with van der Waals surface area (Å²) in [7, 11) is 2.05. The molecule has 0 aliphatic carbocycles. The molecule has 1 atom stereocenters. The molecule has 5 nitrogen and oxygen atoms in total. The van der Waals surface area contributed by atoms with Gasteiger partial charge in [-0.2, -0.15) is 5.10 Å². The first kappa shape index (κ1) is 18.2. The molecular formula is C21H28N4O. The first-order chi connectivity index (χ1) is 12.4. The zero-order chi connectivity index (χ0) is 18.8. The van der Waals surface area contributed by atoms with Crippen molar-refractivity contribution in [3.8, 4) is 0 Å². The van der Waals surface area contributed by atoms with E-state index in [9.17, 15) is 4.79 Å². The fourth-order valence-corrected chi connectivity index (χ4v) is 3.48. The topological polar surface area (TPSA) is 51.9 Å². The van der Waals surface area contributed by atoms with E-state index in [1.165, 1.54) is 27.7 Å². The first-order valence-electron chi connectivity index (χ1n) is 9.20. The Morgan fingerprint density at radius 3 is 2.65 bits per heavy atom. The van der Waals surface area contributed by atoms with Crippen molar-refractivity contribution < 1.29 is 4.79 Å². The van der Waals surface area contributed by atoms with Crippen molar-refractivity contribution in [3.05, 3.63) is 53.0 Å². The Balaban J connectivity index is 1.56. The summed E-state index contributed by atoms with van der Waals surface area (Å²) in [5, 5.41) is 8.87. The molecule has 0 radical (unpaired) electrons. The maximum absolute atomic E-state index is 12.3. The lowest BCUT2D eigenvalue weighted by Crippen LogP contribution is -2.30. The van der Waals surface area contributed by atoms with Crippen LogP contribution in [0.3, 0.4) is 0 Å². The van der Waals surface area contributed by atoms with Gasteiger partial charge in [-0.05, 0) is 51.3 Å². The van der Waals surface area contributed by atoms with Crippen molar-refractivity contribution in [2.75, 3.05) is 6.54 Å². The predicted molar refractivity (Wildman–Crippen MR) is 105 cm³/mol. The van der Waals surface area contributed by atoms with Gasteiger partial charge in [0.1, 0.15) is 0 Å². The Labute approximate surface area is 155 Å². The first-order valence-corrected chi connectivity index (χ1v) is 9.20. The molecule has 2 aromatic heterocycles. The largest absolute Gasteiger partial charge is 0.354 e. The van der Waals surface area contributed by atoms with Gasteiger partial charge in [-0.3, -0.25) is 9.48 Å². The summed E-state index contributed by atoms with van der Waals surface area (Å²) in [5.74, 6) is 0.0861. The molecule has 0 fully saturated rings. The van der Waals surface area contributed by atoms with Gasteiger partial charge in [-0.1, -0.05) is 18.2 Å². The van der Waals surface area contributed by atoms with E-state index in [1.54, 1.807) is 0 Å². The predicted octanol–water partition coefficient (Wildman–Crippen LogP) is 3.61. The van der Waals surface area contributed by atoms with E-state index in [2.05, 4.69) is 54.1 Å². The molecule has 26 heavy (non-hydrogen) atoms. The Morgan fingerprint density at radius 1 is 1.23 bits per heavy atom. The average Bonchev–Trinajstić information content (AvgIpc) is 3.09. The second-order valence-corrected chi connectivity index (χ2v) is 7.18. The molecule has 3 rings (SSSR count). The zero-order valence-corrected chi connectivity index (χ0v) is 16.3. The van der Waals surface area contributed by atoms with E-state index in [0.29, 0.717) is 13.0 Å². The smallest absolute Gasteiger partial charge is 0.220 e. The zero-order valence-electron chi connectivity index (χ0n) is 16.3. The number of carbonyl (C=O) groups excluding carboxylic acids is 1. The lowest BCUT2D eigenvalue weighted by atomic mass is 10.1. The standard InChI is InChI=1S/C21H28N4O/c1-14(25-17(4)15(2)16(3)23-25)12-22-21(26)11-10-18-13-24(5)20-9-7-6-8-19(18)20/h6-9,13-14H,10-12H2,1-5H3,(H,22,26)/t14-/m1/s1. The highest BCUT2D eigenvalue weighted by atomic mass is 16.1. The van der Waals surface area contributed by atoms with Gasteiger partial charge in [0.25, 0.3) is 0 Å². The van der Waals surface area contributed by atoms with Crippen LogP contribution in [0.5, 0.6) is 0 Å². The van der Waals surface area contributed by atoms with E-state index in [1.807, 2.05) is 30.8 Å². The molecule has 138 valence electrons. The number of aryl methyl sites for hydroxylation is 3. The Morgan fingerprint density at radius 2 is 1.96 bits per heavy atom. The highest BCUT2D eigenvalue weighted by molar-refractivity contribution is 5.84. The van der Waals surface area contributed by atoms with Crippen LogP contribution in [0.15, 0.2) is 30.5 Å².